The van der Waals surface area contributed by atoms with Crippen LogP contribution in [0.3, 0.4) is 0 Å². The molecule has 15 heteroatoms. The number of pyridine rings is 1. The van der Waals surface area contributed by atoms with Crippen LogP contribution in [0, 0.1) is 37.5 Å². The van der Waals surface area contributed by atoms with E-state index in [0.29, 0.717) is 55.3 Å². The van der Waals surface area contributed by atoms with Crippen molar-refractivity contribution in [2.45, 2.75) is 44.2 Å². The van der Waals surface area contributed by atoms with Crippen molar-refractivity contribution >= 4 is 69.9 Å². The second-order valence-corrected chi connectivity index (χ2v) is 15.6. The van der Waals surface area contributed by atoms with Gasteiger partial charge in [0.2, 0.25) is 11.8 Å². The van der Waals surface area contributed by atoms with Crippen LogP contribution in [0.2, 0.25) is 15.1 Å². The van der Waals surface area contributed by atoms with Crippen molar-refractivity contribution in [1.82, 2.24) is 9.99 Å². The summed E-state index contributed by atoms with van der Waals surface area (Å²) in [6.07, 6.45) is -2.32. The normalized spacial score (nSPS) is 26.2. The number of hydrogen-bond acceptors (Lipinski definition) is 7. The highest BCUT2D eigenvalue weighted by molar-refractivity contribution is 6.33. The van der Waals surface area contributed by atoms with Crippen LogP contribution in [0.4, 0.5) is 24.7 Å². The Bertz CT molecular complexity index is 2370. The highest BCUT2D eigenvalue weighted by atomic mass is 35.5. The number of aryl methyl sites for hydroxylation is 2. The lowest BCUT2D eigenvalue weighted by atomic mass is 9.49. The topological polar surface area (TPSA) is 120 Å². The van der Waals surface area contributed by atoms with Crippen LogP contribution >= 0.6 is 34.8 Å². The maximum absolute atomic E-state index is 15.3. The summed E-state index contributed by atoms with van der Waals surface area (Å²) in [4.78, 5) is 63.7. The number of phenols is 1. The van der Waals surface area contributed by atoms with Gasteiger partial charge in [0.1, 0.15) is 5.75 Å². The molecular weight excluding hydrogens is 780 g/mol. The molecular formula is C40H30Cl3F3N4O5. The molecule has 6 atom stereocenters. The molecule has 0 radical (unpaired) electrons. The van der Waals surface area contributed by atoms with Crippen LogP contribution in [0.15, 0.2) is 84.6 Å². The third kappa shape index (κ3) is 5.55. The number of amides is 4. The predicted octanol–water partition coefficient (Wildman–Crippen LogP) is 8.57. The molecule has 8 rings (SSSR count). The number of fused-ring (bicyclic) bond motifs is 4. The Kier molecular flexibility index (Phi) is 8.82. The molecule has 3 aromatic carbocycles. The Morgan fingerprint density at radius 3 is 2.27 bits per heavy atom. The number of aromatic nitrogens is 1. The van der Waals surface area contributed by atoms with Crippen LogP contribution in [-0.2, 0) is 30.8 Å². The van der Waals surface area contributed by atoms with E-state index < -0.39 is 75.4 Å². The monoisotopic (exact) mass is 808 g/mol. The van der Waals surface area contributed by atoms with Gasteiger partial charge >= 0.3 is 6.18 Å². The number of benzene rings is 3. The second kappa shape index (κ2) is 13.1. The first kappa shape index (κ1) is 37.0. The van der Waals surface area contributed by atoms with Gasteiger partial charge in [0.05, 0.1) is 39.4 Å². The lowest BCUT2D eigenvalue weighted by molar-refractivity contribution is -0.139. The lowest BCUT2D eigenvalue weighted by Crippen LogP contribution is -2.53. The number of carbonyl (C=O) groups excluding carboxylic acids is 4. The Labute approximate surface area is 327 Å². The summed E-state index contributed by atoms with van der Waals surface area (Å²) in [6, 6.07) is 17.0. The van der Waals surface area contributed by atoms with Gasteiger partial charge in [-0.1, -0.05) is 82.9 Å². The molecule has 2 N–H and O–H groups in total. The first-order valence-electron chi connectivity index (χ1n) is 17.3. The number of hydrogen-bond donors (Lipinski definition) is 2. The van der Waals surface area contributed by atoms with E-state index >= 15 is 4.79 Å². The highest BCUT2D eigenvalue weighted by Gasteiger charge is 2.70. The van der Waals surface area contributed by atoms with E-state index in [1.807, 2.05) is 6.08 Å². The largest absolute Gasteiger partial charge is 0.507 e. The van der Waals surface area contributed by atoms with Gasteiger partial charge in [-0.25, -0.2) is 9.88 Å². The molecule has 1 aromatic heterocycles. The van der Waals surface area contributed by atoms with Gasteiger partial charge in [-0.3, -0.25) is 24.6 Å². The number of halogens is 6. The van der Waals surface area contributed by atoms with E-state index in [1.54, 1.807) is 74.5 Å². The summed E-state index contributed by atoms with van der Waals surface area (Å²) in [7, 11) is 0. The molecule has 1 saturated carbocycles. The van der Waals surface area contributed by atoms with Crippen LogP contribution in [0.25, 0.3) is 0 Å². The molecule has 3 heterocycles. The van der Waals surface area contributed by atoms with Crippen LogP contribution in [-0.4, -0.2) is 38.7 Å². The third-order valence-electron chi connectivity index (χ3n) is 11.6. The third-order valence-corrected chi connectivity index (χ3v) is 12.5. The minimum absolute atomic E-state index is 0.0723. The summed E-state index contributed by atoms with van der Waals surface area (Å²) in [6.45, 7) is 3.49. The maximum atomic E-state index is 15.3. The highest BCUT2D eigenvalue weighted by Crippen LogP contribution is 2.65. The van der Waals surface area contributed by atoms with Crippen molar-refractivity contribution in [2.24, 2.45) is 23.7 Å². The molecule has 2 aliphatic heterocycles. The number of hydrazine groups is 1. The lowest BCUT2D eigenvalue weighted by Gasteiger charge is -2.50. The van der Waals surface area contributed by atoms with Gasteiger partial charge in [-0.05, 0) is 79.6 Å². The molecule has 4 aliphatic rings. The van der Waals surface area contributed by atoms with Gasteiger partial charge in [0.25, 0.3) is 11.8 Å². The zero-order chi connectivity index (χ0) is 39.3. The molecule has 4 amide bonds. The first-order chi connectivity index (χ1) is 26.0. The molecule has 0 unspecified atom stereocenters. The molecule has 55 heavy (non-hydrogen) atoms. The van der Waals surface area contributed by atoms with Gasteiger partial charge < -0.3 is 5.11 Å². The number of nitrogens with one attached hydrogen (secondary N) is 1. The van der Waals surface area contributed by atoms with E-state index in [-0.39, 0.29) is 24.4 Å². The molecule has 4 aromatic rings. The Morgan fingerprint density at radius 1 is 0.873 bits per heavy atom. The van der Waals surface area contributed by atoms with Gasteiger partial charge in [-0.15, -0.1) is 0 Å². The fourth-order valence-corrected chi connectivity index (χ4v) is 9.53. The predicted molar refractivity (Wildman–Crippen MR) is 198 cm³/mol. The summed E-state index contributed by atoms with van der Waals surface area (Å²) >= 11 is 19.0. The zero-order valence-electron chi connectivity index (χ0n) is 29.0. The molecule has 9 nitrogen and oxygen atoms in total. The maximum Gasteiger partial charge on any atom is 0.417 e. The number of allylic oxidation sites excluding steroid dienone is 2. The van der Waals surface area contributed by atoms with Gasteiger partial charge in [0.15, 0.2) is 5.82 Å². The smallest absolute Gasteiger partial charge is 0.417 e. The van der Waals surface area contributed by atoms with Crippen molar-refractivity contribution in [3.8, 4) is 5.75 Å². The Balaban J connectivity index is 1.31. The number of phenolic OH excluding ortho intramolecular Hbond substituents is 1. The van der Waals surface area contributed by atoms with Crippen LogP contribution in [0.5, 0.6) is 5.75 Å². The molecule has 2 aliphatic carbocycles. The fourth-order valence-electron chi connectivity index (χ4n) is 9.02. The van der Waals surface area contributed by atoms with E-state index in [9.17, 15) is 32.7 Å². The number of imide groups is 2. The number of anilines is 2. The van der Waals surface area contributed by atoms with E-state index in [0.717, 1.165) is 10.5 Å². The minimum Gasteiger partial charge on any atom is -0.507 e. The standard InChI is InChI=1S/C40H30Cl3F3N4O5/c1-18-6-11-23(15-29(18)42)49-35(52)25-13-12-24-27(31(25)37(49)54)16-28-36(53)50(48-34-30(43)14-21(17-47-34)40(44,45)46)38(55)39(28,20-7-9-22(41)10-8-20)32(24)26-5-3-4-19(2)33(26)51/h3-12,14-15,17,25,27-28,31-32,51H,13,16H2,1-2H3,(H,47,48)/t25-,27+,28-,31-,32+,39+/m0/s1. The van der Waals surface area contributed by atoms with Crippen molar-refractivity contribution in [1.29, 1.82) is 0 Å². The van der Waals surface area contributed by atoms with E-state index in [4.69, 9.17) is 34.8 Å². The van der Waals surface area contributed by atoms with E-state index in [1.165, 1.54) is 0 Å². The minimum atomic E-state index is -4.76. The summed E-state index contributed by atoms with van der Waals surface area (Å²) in [5, 5.41) is 12.7. The van der Waals surface area contributed by atoms with E-state index in [2.05, 4.69) is 10.4 Å². The number of alkyl halides is 3. The number of carbonyl (C=O) groups is 4. The number of nitrogens with zero attached hydrogens (tertiary/aromatic N) is 3. The fraction of sp³-hybridized carbons (Fsp3) is 0.275. The zero-order valence-corrected chi connectivity index (χ0v) is 31.3. The van der Waals surface area contributed by atoms with Crippen molar-refractivity contribution in [3.05, 3.63) is 127 Å². The Hall–Kier alpha value is -4.91. The van der Waals surface area contributed by atoms with Crippen LogP contribution in [0.1, 0.15) is 46.6 Å². The van der Waals surface area contributed by atoms with Gasteiger partial charge in [-0.2, -0.15) is 18.2 Å². The Morgan fingerprint density at radius 2 is 1.60 bits per heavy atom. The van der Waals surface area contributed by atoms with Crippen molar-refractivity contribution in [2.75, 3.05) is 10.3 Å². The first-order valence-corrected chi connectivity index (χ1v) is 18.4. The number of para-hydroxylation sites is 1. The number of rotatable bonds is 5. The van der Waals surface area contributed by atoms with Crippen molar-refractivity contribution < 1.29 is 37.5 Å². The average molecular weight is 810 g/mol. The molecule has 2 saturated heterocycles. The van der Waals surface area contributed by atoms with Crippen LogP contribution < -0.4 is 10.3 Å². The average Bonchev–Trinajstić information content (AvgIpc) is 3.52. The quantitative estimate of drug-likeness (QED) is 0.153. The summed E-state index contributed by atoms with van der Waals surface area (Å²) in [5.41, 5.74) is 2.50. The van der Waals surface area contributed by atoms with Crippen molar-refractivity contribution in [3.63, 3.8) is 0 Å². The molecule has 0 spiro atoms. The number of aromatic hydroxyl groups is 1. The second-order valence-electron chi connectivity index (χ2n) is 14.4. The van der Waals surface area contributed by atoms with Gasteiger partial charge in [0, 0.05) is 27.7 Å². The molecule has 0 bridgehead atoms. The summed E-state index contributed by atoms with van der Waals surface area (Å²) in [5.74, 6) is -7.73. The molecule has 282 valence electrons. The molecule has 3 fully saturated rings. The summed E-state index contributed by atoms with van der Waals surface area (Å²) < 4.78 is 40.4. The SMILES string of the molecule is Cc1ccc(N2C(=O)[C@H]3[C@H](CC=C4[C@H]3C[C@H]3C(=O)N(Nc5ncc(C(F)(F)F)cc5Cl)C(=O)[C@@]3(c3ccc(Cl)cc3)[C@H]4c3cccc(C)c3O)C2=O)cc1Cl.